The second kappa shape index (κ2) is 8.66. The van der Waals surface area contributed by atoms with Crippen LogP contribution in [0.4, 0.5) is 8.78 Å². The van der Waals surface area contributed by atoms with E-state index in [0.717, 1.165) is 49.7 Å². The van der Waals surface area contributed by atoms with Crippen LogP contribution in [0.25, 0.3) is 5.57 Å². The van der Waals surface area contributed by atoms with Crippen molar-refractivity contribution in [3.05, 3.63) is 59.0 Å². The Morgan fingerprint density at radius 1 is 1.28 bits per heavy atom. The van der Waals surface area contributed by atoms with Crippen molar-refractivity contribution in [2.45, 2.75) is 52.9 Å². The molecule has 0 aromatic carbocycles. The van der Waals surface area contributed by atoms with Gasteiger partial charge in [0.15, 0.2) is 0 Å². The third kappa shape index (κ3) is 3.59. The summed E-state index contributed by atoms with van der Waals surface area (Å²) in [6.45, 7) is 7.77. The second-order valence-electron chi connectivity index (χ2n) is 10.3. The predicted molar refractivity (Wildman–Crippen MR) is 124 cm³/mol. The number of rotatable bonds is 6. The Balaban J connectivity index is 1.69. The number of alkyl halides is 2. The Morgan fingerprint density at radius 3 is 2.75 bits per heavy atom. The summed E-state index contributed by atoms with van der Waals surface area (Å²) in [5, 5.41) is 3.30. The first-order chi connectivity index (χ1) is 15.3. The second-order valence-corrected chi connectivity index (χ2v) is 10.3. The molecule has 5 heteroatoms. The molecule has 4 rings (SSSR count). The van der Waals surface area contributed by atoms with Crippen LogP contribution in [-0.4, -0.2) is 24.9 Å². The summed E-state index contributed by atoms with van der Waals surface area (Å²) >= 11 is 0. The molecule has 172 valence electrons. The van der Waals surface area contributed by atoms with Crippen molar-refractivity contribution < 1.29 is 13.6 Å². The Hall–Kier alpha value is -2.14. The molecule has 5 atom stereocenters. The lowest BCUT2D eigenvalue weighted by Crippen LogP contribution is -2.48. The van der Waals surface area contributed by atoms with E-state index >= 15 is 0 Å². The zero-order valence-corrected chi connectivity index (χ0v) is 19.5. The number of fused-ring (bicyclic) bond motifs is 3. The Kier molecular flexibility index (Phi) is 6.23. The number of nitrogens with zero attached hydrogens (tertiary/aromatic N) is 1. The van der Waals surface area contributed by atoms with Gasteiger partial charge in [-0.05, 0) is 85.7 Å². The molecular formula is C27H34F2N2O. The lowest BCUT2D eigenvalue weighted by molar-refractivity contribution is -0.104. The van der Waals surface area contributed by atoms with E-state index in [1.807, 2.05) is 13.1 Å². The zero-order valence-electron chi connectivity index (χ0n) is 19.5. The van der Waals surface area contributed by atoms with Crippen LogP contribution in [0.15, 0.2) is 47.8 Å². The number of carbonyl (C=O) groups excluding carboxylic acids is 1. The summed E-state index contributed by atoms with van der Waals surface area (Å²) in [4.78, 5) is 15.6. The van der Waals surface area contributed by atoms with Gasteiger partial charge in [-0.15, -0.1) is 0 Å². The van der Waals surface area contributed by atoms with E-state index in [1.54, 1.807) is 12.3 Å². The molecule has 0 amide bonds. The van der Waals surface area contributed by atoms with Crippen molar-refractivity contribution in [2.24, 2.45) is 28.6 Å². The molecule has 0 saturated heterocycles. The maximum atomic E-state index is 13.3. The summed E-state index contributed by atoms with van der Waals surface area (Å²) in [6.07, 6.45) is 11.7. The molecule has 1 heterocycles. The van der Waals surface area contributed by atoms with E-state index < -0.39 is 6.43 Å². The fourth-order valence-electron chi connectivity index (χ4n) is 6.99. The van der Waals surface area contributed by atoms with Crippen LogP contribution >= 0.6 is 0 Å². The van der Waals surface area contributed by atoms with Gasteiger partial charge >= 0.3 is 0 Å². The quantitative estimate of drug-likeness (QED) is 0.426. The highest BCUT2D eigenvalue weighted by Gasteiger charge is 2.55. The number of pyridine rings is 1. The number of allylic oxidation sites excluding steroid dienone is 6. The van der Waals surface area contributed by atoms with E-state index in [0.29, 0.717) is 17.8 Å². The topological polar surface area (TPSA) is 42.0 Å². The van der Waals surface area contributed by atoms with Crippen LogP contribution in [-0.2, 0) is 4.79 Å². The summed E-state index contributed by atoms with van der Waals surface area (Å²) in [5.74, 6) is 1.23. The van der Waals surface area contributed by atoms with E-state index in [4.69, 9.17) is 0 Å². The average Bonchev–Trinajstić information content (AvgIpc) is 3.13. The summed E-state index contributed by atoms with van der Waals surface area (Å²) in [7, 11) is 1.98. The summed E-state index contributed by atoms with van der Waals surface area (Å²) < 4.78 is 26.6. The number of halogens is 2. The van der Waals surface area contributed by atoms with Crippen LogP contribution in [0.3, 0.4) is 0 Å². The summed E-state index contributed by atoms with van der Waals surface area (Å²) in [6, 6.07) is 1.60. The van der Waals surface area contributed by atoms with Gasteiger partial charge in [-0.2, -0.15) is 0 Å². The number of aldehydes is 1. The lowest BCUT2D eigenvalue weighted by Gasteiger charge is -2.57. The molecule has 3 nitrogen and oxygen atoms in total. The average molecular weight is 441 g/mol. The van der Waals surface area contributed by atoms with E-state index in [2.05, 4.69) is 43.2 Å². The molecule has 0 bridgehead atoms. The molecule has 3 aliphatic rings. The van der Waals surface area contributed by atoms with Gasteiger partial charge in [0.1, 0.15) is 6.29 Å². The Labute approximate surface area is 190 Å². The van der Waals surface area contributed by atoms with Crippen LogP contribution in [0.5, 0.6) is 0 Å². The molecule has 32 heavy (non-hydrogen) atoms. The first-order valence-electron chi connectivity index (χ1n) is 11.7. The molecule has 1 N–H and O–H groups in total. The first kappa shape index (κ1) is 23.0. The fraction of sp³-hybridized carbons (Fsp3) is 0.556. The SMILES string of the molecule is CNCCC1(C)/C(=C\C=O)C(C)CC2C3=CC=C(c4cncc(C(F)F)c4)C3(C)CCC21. The highest BCUT2D eigenvalue weighted by Crippen LogP contribution is 2.65. The minimum Gasteiger partial charge on any atom is -0.320 e. The molecule has 0 spiro atoms. The normalized spacial score (nSPS) is 35.3. The van der Waals surface area contributed by atoms with Crippen LogP contribution in [0, 0.1) is 28.6 Å². The summed E-state index contributed by atoms with van der Waals surface area (Å²) in [5.41, 5.74) is 4.42. The molecule has 2 saturated carbocycles. The van der Waals surface area contributed by atoms with E-state index in [1.165, 1.54) is 17.3 Å². The number of hydrogen-bond donors (Lipinski definition) is 1. The highest BCUT2D eigenvalue weighted by atomic mass is 19.3. The maximum Gasteiger partial charge on any atom is 0.265 e. The van der Waals surface area contributed by atoms with Gasteiger partial charge in [0.25, 0.3) is 6.43 Å². The van der Waals surface area contributed by atoms with Gasteiger partial charge < -0.3 is 5.32 Å². The van der Waals surface area contributed by atoms with Gasteiger partial charge in [-0.25, -0.2) is 8.78 Å². The zero-order chi connectivity index (χ0) is 23.1. The molecular weight excluding hydrogens is 406 g/mol. The monoisotopic (exact) mass is 440 g/mol. The Morgan fingerprint density at radius 2 is 2.06 bits per heavy atom. The van der Waals surface area contributed by atoms with Gasteiger partial charge in [-0.3, -0.25) is 9.78 Å². The minimum atomic E-state index is -2.52. The standard InChI is InChI=1S/C27H34F2N2O/c1-17-13-20-23-6-5-22(18-14-19(25(28)29)16-31-15-18)26(23,2)9-7-24(20)27(3,10-11-30-4)21(17)8-12-32/h5-6,8,12,14-17,20,24-25,30H,7,9-11,13H2,1-4H3/b21-8-. The van der Waals surface area contributed by atoms with Crippen molar-refractivity contribution in [3.63, 3.8) is 0 Å². The highest BCUT2D eigenvalue weighted by molar-refractivity contribution is 5.78. The molecule has 3 aliphatic carbocycles. The van der Waals surface area contributed by atoms with Crippen molar-refractivity contribution in [3.8, 4) is 0 Å². The van der Waals surface area contributed by atoms with Gasteiger partial charge in [0.05, 0.1) is 0 Å². The third-order valence-electron chi connectivity index (χ3n) is 8.58. The number of carbonyl (C=O) groups is 1. The van der Waals surface area contributed by atoms with Crippen LogP contribution in [0.2, 0.25) is 0 Å². The molecule has 0 aliphatic heterocycles. The van der Waals surface area contributed by atoms with Crippen LogP contribution < -0.4 is 5.32 Å². The fourth-order valence-corrected chi connectivity index (χ4v) is 6.99. The molecule has 2 fully saturated rings. The smallest absolute Gasteiger partial charge is 0.265 e. The largest absolute Gasteiger partial charge is 0.320 e. The number of nitrogens with one attached hydrogen (secondary N) is 1. The Bertz CT molecular complexity index is 982. The number of hydrogen-bond acceptors (Lipinski definition) is 3. The maximum absolute atomic E-state index is 13.3. The van der Waals surface area contributed by atoms with Crippen molar-refractivity contribution in [2.75, 3.05) is 13.6 Å². The molecule has 1 aromatic heterocycles. The first-order valence-corrected chi connectivity index (χ1v) is 11.7. The van der Waals surface area contributed by atoms with Gasteiger partial charge in [0, 0.05) is 23.4 Å². The molecule has 0 radical (unpaired) electrons. The van der Waals surface area contributed by atoms with E-state index in [9.17, 15) is 13.6 Å². The number of aromatic nitrogens is 1. The van der Waals surface area contributed by atoms with Crippen molar-refractivity contribution in [1.82, 2.24) is 10.3 Å². The van der Waals surface area contributed by atoms with Gasteiger partial charge in [-0.1, -0.05) is 44.1 Å². The lowest BCUT2D eigenvalue weighted by atomic mass is 9.47. The predicted octanol–water partition coefficient (Wildman–Crippen LogP) is 6.16. The van der Waals surface area contributed by atoms with Gasteiger partial charge in [0.2, 0.25) is 0 Å². The molecule has 5 unspecified atom stereocenters. The third-order valence-corrected chi connectivity index (χ3v) is 8.58. The molecule has 1 aromatic rings. The van der Waals surface area contributed by atoms with E-state index in [-0.39, 0.29) is 16.4 Å². The van der Waals surface area contributed by atoms with Crippen molar-refractivity contribution in [1.29, 1.82) is 0 Å². The minimum absolute atomic E-state index is 0.0243. The van der Waals surface area contributed by atoms with Crippen LogP contribution in [0.1, 0.15) is 64.0 Å². The van der Waals surface area contributed by atoms with Crippen molar-refractivity contribution >= 4 is 11.9 Å².